The lowest BCUT2D eigenvalue weighted by Crippen LogP contribution is -2.39. The zero-order valence-corrected chi connectivity index (χ0v) is 11.1. The molecule has 1 aromatic rings. The topological polar surface area (TPSA) is 23.5 Å². The summed E-state index contributed by atoms with van der Waals surface area (Å²) in [4.78, 5) is 4.11. The third-order valence-corrected chi connectivity index (χ3v) is 5.27. The summed E-state index contributed by atoms with van der Waals surface area (Å²) < 4.78 is 0. The Morgan fingerprint density at radius 1 is 1.35 bits per heavy atom. The normalized spacial score (nSPS) is 30.2. The molecule has 1 aliphatic carbocycles. The van der Waals surface area contributed by atoms with E-state index < -0.39 is 0 Å². The highest BCUT2D eigenvalue weighted by Gasteiger charge is 2.26. The highest BCUT2D eigenvalue weighted by atomic mass is 32.1. The molecule has 2 atom stereocenters. The van der Waals surface area contributed by atoms with Gasteiger partial charge >= 0.3 is 0 Å². The van der Waals surface area contributed by atoms with Crippen LogP contribution in [0, 0.1) is 5.92 Å². The van der Waals surface area contributed by atoms with Gasteiger partial charge in [-0.05, 0) is 42.2 Å². The van der Waals surface area contributed by atoms with Crippen LogP contribution in [0.3, 0.4) is 0 Å². The number of hydrogen-bond donors (Lipinski definition) is 1. The van der Waals surface area contributed by atoms with E-state index in [1.165, 1.54) is 37.8 Å². The van der Waals surface area contributed by atoms with E-state index in [-0.39, 0.29) is 6.10 Å². The third kappa shape index (κ3) is 2.56. The van der Waals surface area contributed by atoms with Gasteiger partial charge in [-0.25, -0.2) is 0 Å². The Bertz CT molecular complexity index is 376. The smallest absolute Gasteiger partial charge is 0.0580 e. The Morgan fingerprint density at radius 2 is 2.24 bits per heavy atom. The zero-order valence-electron chi connectivity index (χ0n) is 10.3. The molecule has 1 N–H and O–H groups in total. The van der Waals surface area contributed by atoms with E-state index in [2.05, 4.69) is 16.3 Å². The first-order chi connectivity index (χ1) is 8.33. The Labute approximate surface area is 107 Å². The minimum absolute atomic E-state index is 0.0485. The Balaban J connectivity index is 1.60. The van der Waals surface area contributed by atoms with Crippen molar-refractivity contribution in [3.8, 4) is 0 Å². The summed E-state index contributed by atoms with van der Waals surface area (Å²) in [5, 5.41) is 12.2. The molecule has 2 nitrogen and oxygen atoms in total. The second kappa shape index (κ2) is 5.09. The molecule has 2 unspecified atom stereocenters. The fraction of sp³-hybridized carbons (Fsp3) is 0.714. The molecule has 3 rings (SSSR count). The molecule has 0 radical (unpaired) electrons. The molecule has 0 spiro atoms. The summed E-state index contributed by atoms with van der Waals surface area (Å²) >= 11 is 1.90. The Morgan fingerprint density at radius 3 is 3.12 bits per heavy atom. The fourth-order valence-electron chi connectivity index (χ4n) is 3.20. The van der Waals surface area contributed by atoms with Crippen molar-refractivity contribution in [3.63, 3.8) is 0 Å². The van der Waals surface area contributed by atoms with E-state index in [9.17, 15) is 5.11 Å². The van der Waals surface area contributed by atoms with E-state index >= 15 is 0 Å². The predicted molar refractivity (Wildman–Crippen MR) is 71.3 cm³/mol. The molecule has 94 valence electrons. The van der Waals surface area contributed by atoms with Crippen molar-refractivity contribution in [1.29, 1.82) is 0 Å². The molecule has 1 aliphatic heterocycles. The molecule has 0 aromatic carbocycles. The number of aliphatic hydroxyl groups excluding tert-OH is 1. The molecule has 0 bridgehead atoms. The minimum Gasteiger partial charge on any atom is -0.393 e. The first-order valence-electron chi connectivity index (χ1n) is 6.78. The van der Waals surface area contributed by atoms with E-state index in [1.807, 2.05) is 11.3 Å². The van der Waals surface area contributed by atoms with Crippen molar-refractivity contribution < 1.29 is 5.11 Å². The molecule has 1 saturated carbocycles. The summed E-state index contributed by atoms with van der Waals surface area (Å²) in [6.45, 7) is 3.37. The van der Waals surface area contributed by atoms with Gasteiger partial charge in [-0.3, -0.25) is 4.90 Å². The second-order valence-corrected chi connectivity index (χ2v) is 6.47. The second-order valence-electron chi connectivity index (χ2n) is 5.47. The molecular formula is C14H21NOS. The lowest BCUT2D eigenvalue weighted by Gasteiger charge is -2.34. The van der Waals surface area contributed by atoms with Gasteiger partial charge in [0.25, 0.3) is 0 Å². The van der Waals surface area contributed by atoms with Gasteiger partial charge in [0.15, 0.2) is 0 Å². The number of hydrogen-bond acceptors (Lipinski definition) is 3. The molecule has 17 heavy (non-hydrogen) atoms. The number of nitrogens with zero attached hydrogens (tertiary/aromatic N) is 1. The number of thiophene rings is 1. The summed E-state index contributed by atoms with van der Waals surface area (Å²) in [5.74, 6) is 0.518. The molecule has 0 saturated heterocycles. The average Bonchev–Trinajstić information content (AvgIpc) is 2.79. The SMILES string of the molecule is OC1CCCCC1CN1CCc2sccc2C1. The van der Waals surface area contributed by atoms with Crippen LogP contribution >= 0.6 is 11.3 Å². The highest BCUT2D eigenvalue weighted by Crippen LogP contribution is 2.28. The van der Waals surface area contributed by atoms with Gasteiger partial charge in [0.2, 0.25) is 0 Å². The van der Waals surface area contributed by atoms with Gasteiger partial charge in [0, 0.05) is 24.5 Å². The lowest BCUT2D eigenvalue weighted by molar-refractivity contribution is 0.0437. The van der Waals surface area contributed by atoms with Crippen LogP contribution in [0.25, 0.3) is 0 Å². The van der Waals surface area contributed by atoms with E-state index in [0.29, 0.717) is 5.92 Å². The van der Waals surface area contributed by atoms with Crippen LogP contribution in [0.1, 0.15) is 36.1 Å². The summed E-state index contributed by atoms with van der Waals surface area (Å²) in [5.41, 5.74) is 1.52. The Hall–Kier alpha value is -0.380. The number of rotatable bonds is 2. The van der Waals surface area contributed by atoms with Gasteiger partial charge in [0.1, 0.15) is 0 Å². The lowest BCUT2D eigenvalue weighted by atomic mass is 9.86. The predicted octanol–water partition coefficient (Wildman–Crippen LogP) is 2.66. The minimum atomic E-state index is -0.0485. The number of aliphatic hydroxyl groups is 1. The summed E-state index contributed by atoms with van der Waals surface area (Å²) in [7, 11) is 0. The first kappa shape index (κ1) is 11.7. The first-order valence-corrected chi connectivity index (χ1v) is 7.66. The van der Waals surface area contributed by atoms with Gasteiger partial charge in [-0.15, -0.1) is 11.3 Å². The van der Waals surface area contributed by atoms with Gasteiger partial charge in [-0.2, -0.15) is 0 Å². The number of fused-ring (bicyclic) bond motifs is 1. The molecule has 0 amide bonds. The Kier molecular flexibility index (Phi) is 3.50. The van der Waals surface area contributed by atoms with Crippen LogP contribution in [-0.2, 0) is 13.0 Å². The van der Waals surface area contributed by atoms with Crippen molar-refractivity contribution in [2.45, 2.75) is 44.8 Å². The maximum atomic E-state index is 10.0. The summed E-state index contributed by atoms with van der Waals surface area (Å²) in [6, 6.07) is 2.27. The van der Waals surface area contributed by atoms with Gasteiger partial charge in [0.05, 0.1) is 6.10 Å². The van der Waals surface area contributed by atoms with Crippen molar-refractivity contribution in [1.82, 2.24) is 4.90 Å². The van der Waals surface area contributed by atoms with Crippen molar-refractivity contribution >= 4 is 11.3 Å². The van der Waals surface area contributed by atoms with E-state index in [1.54, 1.807) is 4.88 Å². The van der Waals surface area contributed by atoms with Crippen LogP contribution in [0.2, 0.25) is 0 Å². The molecule has 2 aliphatic rings. The van der Waals surface area contributed by atoms with Crippen LogP contribution in [0.15, 0.2) is 11.4 Å². The van der Waals surface area contributed by atoms with E-state index in [0.717, 1.165) is 19.5 Å². The third-order valence-electron chi connectivity index (χ3n) is 4.25. The maximum absolute atomic E-state index is 10.0. The van der Waals surface area contributed by atoms with Gasteiger partial charge < -0.3 is 5.11 Å². The molecule has 2 heterocycles. The molecule has 1 fully saturated rings. The highest BCUT2D eigenvalue weighted by molar-refractivity contribution is 7.10. The van der Waals surface area contributed by atoms with Crippen LogP contribution < -0.4 is 0 Å². The standard InChI is InChI=1S/C14H21NOS/c16-13-4-2-1-3-11(13)9-15-7-5-14-12(10-15)6-8-17-14/h6,8,11,13,16H,1-5,7,9-10H2. The molecule has 3 heteroatoms. The monoisotopic (exact) mass is 251 g/mol. The van der Waals surface area contributed by atoms with Crippen molar-refractivity contribution in [3.05, 3.63) is 21.9 Å². The van der Waals surface area contributed by atoms with Crippen molar-refractivity contribution in [2.75, 3.05) is 13.1 Å². The summed E-state index contributed by atoms with van der Waals surface area (Å²) in [6.07, 6.45) is 5.91. The largest absolute Gasteiger partial charge is 0.393 e. The quantitative estimate of drug-likeness (QED) is 0.873. The van der Waals surface area contributed by atoms with Gasteiger partial charge in [-0.1, -0.05) is 12.8 Å². The molecule has 1 aromatic heterocycles. The van der Waals surface area contributed by atoms with Crippen molar-refractivity contribution in [2.24, 2.45) is 5.92 Å². The van der Waals surface area contributed by atoms with Crippen LogP contribution in [-0.4, -0.2) is 29.2 Å². The average molecular weight is 251 g/mol. The zero-order chi connectivity index (χ0) is 11.7. The van der Waals surface area contributed by atoms with E-state index in [4.69, 9.17) is 0 Å². The fourth-order valence-corrected chi connectivity index (χ4v) is 4.09. The van der Waals surface area contributed by atoms with Crippen LogP contribution in [0.5, 0.6) is 0 Å². The molecular weight excluding hydrogens is 230 g/mol. The maximum Gasteiger partial charge on any atom is 0.0580 e. The van der Waals surface area contributed by atoms with Crippen LogP contribution in [0.4, 0.5) is 0 Å².